The van der Waals surface area contributed by atoms with Crippen molar-refractivity contribution >= 4 is 34.9 Å². The van der Waals surface area contributed by atoms with Gasteiger partial charge in [-0.25, -0.2) is 19.9 Å². The molecule has 11 heteroatoms. The molecule has 0 spiro atoms. The van der Waals surface area contributed by atoms with Crippen molar-refractivity contribution in [3.05, 3.63) is 72.7 Å². The molecule has 0 saturated carbocycles. The smallest absolute Gasteiger partial charge is 0.309 e. The van der Waals surface area contributed by atoms with E-state index in [0.29, 0.717) is 29.1 Å². The predicted molar refractivity (Wildman–Crippen MR) is 162 cm³/mol. The number of aromatic nitrogens is 5. The zero-order valence-corrected chi connectivity index (χ0v) is 23.9. The Morgan fingerprint density at radius 1 is 0.857 bits per heavy atom. The zero-order valence-electron chi connectivity index (χ0n) is 23.9. The fraction of sp³-hybridized carbons (Fsp3) is 0.355. The highest BCUT2D eigenvalue weighted by atomic mass is 16.5. The molecule has 0 aliphatic carbocycles. The van der Waals surface area contributed by atoms with Gasteiger partial charge in [0.15, 0.2) is 5.82 Å². The number of benzene rings is 1. The van der Waals surface area contributed by atoms with Crippen LogP contribution in [0.2, 0.25) is 0 Å². The first kappa shape index (κ1) is 27.5. The number of piperidine rings is 1. The van der Waals surface area contributed by atoms with Gasteiger partial charge in [0.05, 0.1) is 5.92 Å². The van der Waals surface area contributed by atoms with Crippen LogP contribution in [-0.2, 0) is 9.53 Å². The zero-order chi connectivity index (χ0) is 28.9. The fourth-order valence-corrected chi connectivity index (χ4v) is 5.35. The quantitative estimate of drug-likeness (QED) is 0.292. The van der Waals surface area contributed by atoms with Gasteiger partial charge in [-0.15, -0.1) is 0 Å². The summed E-state index contributed by atoms with van der Waals surface area (Å²) in [4.78, 5) is 39.6. The number of nitrogens with one attached hydrogen (secondary N) is 2. The van der Waals surface area contributed by atoms with E-state index >= 15 is 0 Å². The number of pyridine rings is 1. The van der Waals surface area contributed by atoms with Gasteiger partial charge >= 0.3 is 5.97 Å². The minimum absolute atomic E-state index is 0.0146. The van der Waals surface area contributed by atoms with Crippen molar-refractivity contribution in [2.45, 2.75) is 32.3 Å². The predicted octanol–water partition coefficient (Wildman–Crippen LogP) is 4.59. The first-order chi connectivity index (χ1) is 20.5. The van der Waals surface area contributed by atoms with Gasteiger partial charge in [-0.05, 0) is 81.8 Å². The van der Waals surface area contributed by atoms with Crippen LogP contribution in [0.3, 0.4) is 0 Å². The summed E-state index contributed by atoms with van der Waals surface area (Å²) in [5, 5.41) is 6.50. The largest absolute Gasteiger partial charge is 0.461 e. The number of hydrogen-bond acceptors (Lipinski definition) is 11. The number of nitrogens with zero attached hydrogens (tertiary/aromatic N) is 7. The van der Waals surface area contributed by atoms with Gasteiger partial charge in [-0.3, -0.25) is 4.79 Å². The number of anilines is 5. The van der Waals surface area contributed by atoms with Gasteiger partial charge in [0.1, 0.15) is 23.4 Å². The maximum absolute atomic E-state index is 12.6. The van der Waals surface area contributed by atoms with Crippen LogP contribution in [0.5, 0.6) is 0 Å². The Kier molecular flexibility index (Phi) is 8.18. The van der Waals surface area contributed by atoms with E-state index in [9.17, 15) is 4.79 Å². The Morgan fingerprint density at radius 2 is 1.62 bits per heavy atom. The van der Waals surface area contributed by atoms with E-state index < -0.39 is 0 Å². The van der Waals surface area contributed by atoms with Crippen LogP contribution >= 0.6 is 0 Å². The summed E-state index contributed by atoms with van der Waals surface area (Å²) < 4.78 is 5.77. The SMILES string of the molecule is Cc1cccc(-c2nccc(Nc3ccnc(Nc4ccc(N5CCC(C(=O)OC6CCN(C)C6)CC5)cc4)n3)n2)n1. The summed E-state index contributed by atoms with van der Waals surface area (Å²) >= 11 is 0. The number of ether oxygens (including phenoxy) is 1. The highest BCUT2D eigenvalue weighted by Gasteiger charge is 2.30. The van der Waals surface area contributed by atoms with E-state index in [0.717, 1.165) is 62.5 Å². The number of hydrogen-bond donors (Lipinski definition) is 2. The van der Waals surface area contributed by atoms with E-state index in [-0.39, 0.29) is 18.0 Å². The topological polar surface area (TPSA) is 121 Å². The molecule has 0 radical (unpaired) electrons. The Morgan fingerprint density at radius 3 is 2.36 bits per heavy atom. The minimum atomic E-state index is -0.0327. The molecule has 3 aromatic heterocycles. The average Bonchev–Trinajstić information content (AvgIpc) is 3.42. The minimum Gasteiger partial charge on any atom is -0.461 e. The Balaban J connectivity index is 1.03. The maximum Gasteiger partial charge on any atom is 0.309 e. The van der Waals surface area contributed by atoms with Crippen molar-refractivity contribution in [2.24, 2.45) is 5.92 Å². The molecule has 2 saturated heterocycles. The van der Waals surface area contributed by atoms with Gasteiger partial charge in [-0.2, -0.15) is 4.98 Å². The van der Waals surface area contributed by atoms with Gasteiger partial charge in [0.25, 0.3) is 0 Å². The summed E-state index contributed by atoms with van der Waals surface area (Å²) in [5.74, 6) is 2.18. The summed E-state index contributed by atoms with van der Waals surface area (Å²) in [7, 11) is 2.07. The molecule has 2 aliphatic rings. The third-order valence-electron chi connectivity index (χ3n) is 7.63. The number of likely N-dealkylation sites (N-methyl/N-ethyl adjacent to an activating group) is 1. The number of carbonyl (C=O) groups is 1. The van der Waals surface area contributed by atoms with Crippen LogP contribution < -0.4 is 15.5 Å². The molecule has 1 aromatic carbocycles. The normalized spacial score (nSPS) is 17.7. The van der Waals surface area contributed by atoms with Crippen molar-refractivity contribution in [3.8, 4) is 11.5 Å². The van der Waals surface area contributed by atoms with Crippen molar-refractivity contribution < 1.29 is 9.53 Å². The van der Waals surface area contributed by atoms with Crippen LogP contribution in [0.25, 0.3) is 11.5 Å². The van der Waals surface area contributed by atoms with E-state index in [4.69, 9.17) is 4.74 Å². The highest BCUT2D eigenvalue weighted by Crippen LogP contribution is 2.27. The van der Waals surface area contributed by atoms with Crippen LogP contribution in [0.4, 0.5) is 29.0 Å². The Bertz CT molecular complexity index is 1520. The van der Waals surface area contributed by atoms with Crippen LogP contribution in [0, 0.1) is 12.8 Å². The number of aryl methyl sites for hydroxylation is 1. The fourth-order valence-electron chi connectivity index (χ4n) is 5.35. The van der Waals surface area contributed by atoms with E-state index in [2.05, 4.69) is 64.5 Å². The molecule has 6 rings (SSSR count). The van der Waals surface area contributed by atoms with Gasteiger partial charge in [0, 0.05) is 55.6 Å². The molecule has 1 unspecified atom stereocenters. The van der Waals surface area contributed by atoms with E-state index in [1.54, 1.807) is 24.5 Å². The second kappa shape index (κ2) is 12.5. The third kappa shape index (κ3) is 6.80. The number of rotatable bonds is 8. The summed E-state index contributed by atoms with van der Waals surface area (Å²) in [6, 6.07) is 17.5. The Hall–Kier alpha value is -4.64. The lowest BCUT2D eigenvalue weighted by Crippen LogP contribution is -2.38. The summed E-state index contributed by atoms with van der Waals surface area (Å²) in [6.07, 6.45) is 5.98. The monoisotopic (exact) mass is 565 g/mol. The lowest BCUT2D eigenvalue weighted by molar-refractivity contribution is -0.154. The van der Waals surface area contributed by atoms with Crippen molar-refractivity contribution in [3.63, 3.8) is 0 Å². The molecule has 1 atom stereocenters. The van der Waals surface area contributed by atoms with Crippen LogP contribution in [0.15, 0.2) is 67.0 Å². The first-order valence-corrected chi connectivity index (χ1v) is 14.4. The highest BCUT2D eigenvalue weighted by molar-refractivity contribution is 5.73. The van der Waals surface area contributed by atoms with E-state index in [1.807, 2.05) is 37.3 Å². The third-order valence-corrected chi connectivity index (χ3v) is 7.63. The van der Waals surface area contributed by atoms with Gasteiger partial charge in [-0.1, -0.05) is 6.07 Å². The number of carbonyl (C=O) groups excluding carboxylic acids is 1. The molecular weight excluding hydrogens is 530 g/mol. The second-order valence-electron chi connectivity index (χ2n) is 10.9. The Labute approximate surface area is 245 Å². The van der Waals surface area contributed by atoms with Crippen molar-refractivity contribution in [1.29, 1.82) is 0 Å². The molecule has 11 nitrogen and oxygen atoms in total. The standard InChI is InChI=1S/C31H35N9O2/c1-21-4-3-5-26(34-21)29-32-15-10-27(37-29)36-28-11-16-33-31(38-28)35-23-6-8-24(9-7-23)40-18-12-22(13-19-40)30(41)42-25-14-17-39(2)20-25/h3-11,15-16,22,25H,12-14,17-20H2,1-2H3,(H2,32,33,35,36,37,38). The molecule has 2 N–H and O–H groups in total. The first-order valence-electron chi connectivity index (χ1n) is 14.4. The molecular formula is C31H35N9O2. The molecule has 2 fully saturated rings. The van der Waals surface area contributed by atoms with Gasteiger partial charge in [0.2, 0.25) is 5.95 Å². The van der Waals surface area contributed by atoms with Crippen LogP contribution in [0.1, 0.15) is 25.0 Å². The van der Waals surface area contributed by atoms with Crippen LogP contribution in [-0.4, -0.2) is 75.1 Å². The van der Waals surface area contributed by atoms with E-state index in [1.165, 1.54) is 0 Å². The van der Waals surface area contributed by atoms with Gasteiger partial charge < -0.3 is 25.2 Å². The van der Waals surface area contributed by atoms with Crippen molar-refractivity contribution in [2.75, 3.05) is 48.8 Å². The lowest BCUT2D eigenvalue weighted by atomic mass is 9.96. The second-order valence-corrected chi connectivity index (χ2v) is 10.9. The average molecular weight is 566 g/mol. The summed E-state index contributed by atoms with van der Waals surface area (Å²) in [6.45, 7) is 5.43. The summed E-state index contributed by atoms with van der Waals surface area (Å²) in [5.41, 5.74) is 3.63. The lowest BCUT2D eigenvalue weighted by Gasteiger charge is -2.33. The number of esters is 1. The molecule has 0 amide bonds. The molecule has 4 aromatic rings. The maximum atomic E-state index is 12.6. The molecule has 5 heterocycles. The molecule has 216 valence electrons. The molecule has 0 bridgehead atoms. The number of likely N-dealkylation sites (tertiary alicyclic amines) is 1. The molecule has 2 aliphatic heterocycles. The van der Waals surface area contributed by atoms with Crippen molar-refractivity contribution in [1.82, 2.24) is 29.8 Å². The molecule has 42 heavy (non-hydrogen) atoms.